The smallest absolute Gasteiger partial charge is 0.199 e. The molecule has 2 aromatic heterocycles. The minimum absolute atomic E-state index is 0.0674. The molecule has 3 atom stereocenters. The summed E-state index contributed by atoms with van der Waals surface area (Å²) in [5.41, 5.74) is 3.26. The minimum atomic E-state index is -0.419. The average Bonchev–Trinajstić information content (AvgIpc) is 3.12. The SMILES string of the molecule is Cc1cccc(/C=C/C2c3c(c(O)n(C)c3O)C3CC(O)CN23)n1. The van der Waals surface area contributed by atoms with Crippen molar-refractivity contribution >= 4 is 6.08 Å². The molecule has 1 fully saturated rings. The summed E-state index contributed by atoms with van der Waals surface area (Å²) in [6.45, 7) is 2.47. The molecule has 0 amide bonds. The Balaban J connectivity index is 1.76. The van der Waals surface area contributed by atoms with Crippen molar-refractivity contribution in [2.24, 2.45) is 7.05 Å². The zero-order valence-corrected chi connectivity index (χ0v) is 13.7. The molecule has 6 nitrogen and oxygen atoms in total. The number of nitrogens with zero attached hydrogens (tertiary/aromatic N) is 3. The van der Waals surface area contributed by atoms with Crippen molar-refractivity contribution in [1.82, 2.24) is 14.5 Å². The van der Waals surface area contributed by atoms with Gasteiger partial charge in [0.05, 0.1) is 17.8 Å². The van der Waals surface area contributed by atoms with Gasteiger partial charge in [0.25, 0.3) is 0 Å². The second-order valence-corrected chi connectivity index (χ2v) is 6.64. The first-order valence-corrected chi connectivity index (χ1v) is 8.13. The van der Waals surface area contributed by atoms with Gasteiger partial charge in [0.15, 0.2) is 11.8 Å². The summed E-state index contributed by atoms with van der Waals surface area (Å²) in [6, 6.07) is 5.58. The molecule has 0 aliphatic carbocycles. The summed E-state index contributed by atoms with van der Waals surface area (Å²) >= 11 is 0. The van der Waals surface area contributed by atoms with Crippen LogP contribution in [0, 0.1) is 6.92 Å². The molecule has 6 heteroatoms. The van der Waals surface area contributed by atoms with E-state index in [-0.39, 0.29) is 23.8 Å². The Morgan fingerprint density at radius 2 is 1.96 bits per heavy atom. The molecule has 0 saturated carbocycles. The van der Waals surface area contributed by atoms with Crippen molar-refractivity contribution in [3.05, 3.63) is 46.8 Å². The Bertz CT molecular complexity index is 827. The molecule has 3 unspecified atom stereocenters. The molecule has 0 radical (unpaired) electrons. The lowest BCUT2D eigenvalue weighted by Crippen LogP contribution is -2.23. The quantitative estimate of drug-likeness (QED) is 0.786. The van der Waals surface area contributed by atoms with Crippen LogP contribution >= 0.6 is 0 Å². The molecule has 24 heavy (non-hydrogen) atoms. The topological polar surface area (TPSA) is 81.8 Å². The molecule has 2 aromatic rings. The van der Waals surface area contributed by atoms with E-state index >= 15 is 0 Å². The van der Waals surface area contributed by atoms with Crippen molar-refractivity contribution in [1.29, 1.82) is 0 Å². The van der Waals surface area contributed by atoms with Gasteiger partial charge in [0, 0.05) is 36.5 Å². The standard InChI is InChI=1S/C18H21N3O3/c1-10-4-3-5-11(19-10)6-7-13-15-16(18(24)20(2)17(15)23)14-8-12(22)9-21(13)14/h3-7,12-14,22-24H,8-9H2,1-2H3/b7-6+. The summed E-state index contributed by atoms with van der Waals surface area (Å²) in [7, 11) is 1.64. The second-order valence-electron chi connectivity index (χ2n) is 6.64. The van der Waals surface area contributed by atoms with Crippen LogP contribution < -0.4 is 0 Å². The fourth-order valence-corrected chi connectivity index (χ4v) is 3.97. The summed E-state index contributed by atoms with van der Waals surface area (Å²) in [6.07, 6.45) is 4.06. The van der Waals surface area contributed by atoms with Crippen LogP contribution in [0.2, 0.25) is 0 Å². The maximum atomic E-state index is 10.4. The Hall–Kier alpha value is -2.31. The predicted molar refractivity (Wildman–Crippen MR) is 89.6 cm³/mol. The Labute approximate surface area is 140 Å². The van der Waals surface area contributed by atoms with Crippen LogP contribution in [0.3, 0.4) is 0 Å². The number of aromatic nitrogens is 2. The van der Waals surface area contributed by atoms with Gasteiger partial charge in [0.2, 0.25) is 0 Å². The van der Waals surface area contributed by atoms with E-state index < -0.39 is 6.10 Å². The van der Waals surface area contributed by atoms with Crippen molar-refractivity contribution < 1.29 is 15.3 Å². The maximum Gasteiger partial charge on any atom is 0.199 e. The predicted octanol–water partition coefficient (Wildman–Crippen LogP) is 2.02. The van der Waals surface area contributed by atoms with Crippen molar-refractivity contribution in [2.75, 3.05) is 6.54 Å². The Morgan fingerprint density at radius 1 is 1.21 bits per heavy atom. The van der Waals surface area contributed by atoms with E-state index in [1.165, 1.54) is 4.57 Å². The lowest BCUT2D eigenvalue weighted by Gasteiger charge is -2.22. The molecular formula is C18H21N3O3. The highest BCUT2D eigenvalue weighted by atomic mass is 16.3. The highest BCUT2D eigenvalue weighted by Gasteiger charge is 2.48. The van der Waals surface area contributed by atoms with Crippen molar-refractivity contribution in [2.45, 2.75) is 31.5 Å². The van der Waals surface area contributed by atoms with Gasteiger partial charge < -0.3 is 15.3 Å². The highest BCUT2D eigenvalue weighted by molar-refractivity contribution is 5.57. The monoisotopic (exact) mass is 327 g/mol. The highest BCUT2D eigenvalue weighted by Crippen LogP contribution is 2.55. The number of aromatic hydroxyl groups is 2. The molecular weight excluding hydrogens is 306 g/mol. The first-order chi connectivity index (χ1) is 11.5. The van der Waals surface area contributed by atoms with Gasteiger partial charge in [-0.3, -0.25) is 14.5 Å². The average molecular weight is 327 g/mol. The molecule has 0 aromatic carbocycles. The number of fused-ring (bicyclic) bond motifs is 3. The van der Waals surface area contributed by atoms with Gasteiger partial charge in [-0.05, 0) is 31.6 Å². The number of hydrogen-bond acceptors (Lipinski definition) is 5. The number of aliphatic hydroxyl groups excluding tert-OH is 1. The van der Waals surface area contributed by atoms with E-state index in [2.05, 4.69) is 9.88 Å². The summed E-state index contributed by atoms with van der Waals surface area (Å²) in [4.78, 5) is 6.59. The van der Waals surface area contributed by atoms with Crippen LogP contribution in [0.15, 0.2) is 24.3 Å². The molecule has 3 N–H and O–H groups in total. The van der Waals surface area contributed by atoms with E-state index in [0.29, 0.717) is 13.0 Å². The van der Waals surface area contributed by atoms with Gasteiger partial charge in [-0.15, -0.1) is 0 Å². The van der Waals surface area contributed by atoms with E-state index in [0.717, 1.165) is 22.5 Å². The summed E-state index contributed by atoms with van der Waals surface area (Å²) in [5.74, 6) is 0.162. The number of aryl methyl sites for hydroxylation is 1. The van der Waals surface area contributed by atoms with Gasteiger partial charge >= 0.3 is 0 Å². The van der Waals surface area contributed by atoms with Crippen LogP contribution in [-0.2, 0) is 7.05 Å². The first kappa shape index (κ1) is 15.2. The minimum Gasteiger partial charge on any atom is -0.494 e. The number of pyridine rings is 1. The van der Waals surface area contributed by atoms with Crippen LogP contribution in [0.4, 0.5) is 0 Å². The van der Waals surface area contributed by atoms with Gasteiger partial charge in [-0.2, -0.15) is 0 Å². The van der Waals surface area contributed by atoms with E-state index in [1.807, 2.05) is 37.3 Å². The lowest BCUT2D eigenvalue weighted by molar-refractivity contribution is 0.167. The Morgan fingerprint density at radius 3 is 2.71 bits per heavy atom. The first-order valence-electron chi connectivity index (χ1n) is 8.13. The Kier molecular flexibility index (Phi) is 3.40. The number of rotatable bonds is 2. The third-order valence-electron chi connectivity index (χ3n) is 5.07. The normalized spacial score (nSPS) is 26.2. The van der Waals surface area contributed by atoms with Crippen molar-refractivity contribution in [3.63, 3.8) is 0 Å². The molecule has 1 saturated heterocycles. The largest absolute Gasteiger partial charge is 0.494 e. The van der Waals surface area contributed by atoms with Crippen LogP contribution in [0.1, 0.15) is 41.0 Å². The third-order valence-corrected chi connectivity index (χ3v) is 5.07. The summed E-state index contributed by atoms with van der Waals surface area (Å²) < 4.78 is 1.40. The second kappa shape index (κ2) is 5.36. The van der Waals surface area contributed by atoms with Gasteiger partial charge in [-0.25, -0.2) is 0 Å². The zero-order chi connectivity index (χ0) is 17.0. The molecule has 2 aliphatic heterocycles. The summed E-state index contributed by atoms with van der Waals surface area (Å²) in [5, 5.41) is 30.8. The zero-order valence-electron chi connectivity index (χ0n) is 13.7. The molecule has 2 aliphatic rings. The van der Waals surface area contributed by atoms with Crippen molar-refractivity contribution in [3.8, 4) is 11.8 Å². The van der Waals surface area contributed by atoms with E-state index in [1.54, 1.807) is 7.05 Å². The molecule has 126 valence electrons. The van der Waals surface area contributed by atoms with Gasteiger partial charge in [0.1, 0.15) is 0 Å². The fourth-order valence-electron chi connectivity index (χ4n) is 3.97. The third kappa shape index (κ3) is 2.14. The number of hydrogen-bond donors (Lipinski definition) is 3. The van der Waals surface area contributed by atoms with E-state index in [4.69, 9.17) is 0 Å². The van der Waals surface area contributed by atoms with Gasteiger partial charge in [-0.1, -0.05) is 12.1 Å². The van der Waals surface area contributed by atoms with Crippen LogP contribution in [0.25, 0.3) is 6.08 Å². The fraction of sp³-hybridized carbons (Fsp3) is 0.389. The van der Waals surface area contributed by atoms with Crippen LogP contribution in [0.5, 0.6) is 11.8 Å². The number of aliphatic hydroxyl groups is 1. The molecule has 0 spiro atoms. The molecule has 4 heterocycles. The van der Waals surface area contributed by atoms with Crippen LogP contribution in [-0.4, -0.2) is 42.4 Å². The maximum absolute atomic E-state index is 10.4. The molecule has 4 rings (SSSR count). The van der Waals surface area contributed by atoms with E-state index in [9.17, 15) is 15.3 Å². The molecule has 0 bridgehead atoms. The lowest BCUT2D eigenvalue weighted by atomic mass is 10.0.